The lowest BCUT2D eigenvalue weighted by atomic mass is 10.0. The van der Waals surface area contributed by atoms with Gasteiger partial charge in [-0.3, -0.25) is 4.79 Å². The van der Waals surface area contributed by atoms with Gasteiger partial charge in [0.2, 0.25) is 15.9 Å². The van der Waals surface area contributed by atoms with Crippen molar-refractivity contribution in [1.82, 2.24) is 9.62 Å². The fourth-order valence-corrected chi connectivity index (χ4v) is 3.91. The molecule has 1 heterocycles. The molecule has 1 saturated heterocycles. The molecule has 1 aliphatic heterocycles. The van der Waals surface area contributed by atoms with Crippen LogP contribution in [0.25, 0.3) is 0 Å². The zero-order chi connectivity index (χ0) is 17.0. The Balaban J connectivity index is 2.19. The van der Waals surface area contributed by atoms with E-state index in [0.717, 1.165) is 5.56 Å². The molecule has 1 aromatic rings. The highest BCUT2D eigenvalue weighted by Crippen LogP contribution is 2.15. The molecular weight excluding hydrogens is 316 g/mol. The van der Waals surface area contributed by atoms with E-state index < -0.39 is 16.1 Å². The lowest BCUT2D eigenvalue weighted by Crippen LogP contribution is -2.53. The standard InChI is InChI=1S/C16H24N2O4S/c1-12(2)15(16(19)18-7-9-22-10-8-18)17-23(20,21)14-6-4-5-13(3)11-14/h4-6,11-12,15,17H,7-10H2,1-3H3/t15-/m0/s1. The van der Waals surface area contributed by atoms with E-state index in [9.17, 15) is 13.2 Å². The van der Waals surface area contributed by atoms with Gasteiger partial charge in [-0.2, -0.15) is 4.72 Å². The van der Waals surface area contributed by atoms with Crippen molar-refractivity contribution in [2.45, 2.75) is 31.7 Å². The quantitative estimate of drug-likeness (QED) is 0.873. The van der Waals surface area contributed by atoms with Crippen molar-refractivity contribution in [3.63, 3.8) is 0 Å². The molecule has 0 saturated carbocycles. The lowest BCUT2D eigenvalue weighted by Gasteiger charge is -2.32. The Hall–Kier alpha value is -1.44. The van der Waals surface area contributed by atoms with E-state index >= 15 is 0 Å². The normalized spacial score (nSPS) is 17.3. The third kappa shape index (κ3) is 4.53. The first-order valence-electron chi connectivity index (χ1n) is 7.77. The maximum atomic E-state index is 12.7. The summed E-state index contributed by atoms with van der Waals surface area (Å²) < 4.78 is 33.0. The van der Waals surface area contributed by atoms with E-state index in [1.807, 2.05) is 26.8 Å². The minimum atomic E-state index is -3.74. The minimum absolute atomic E-state index is 0.148. The number of aryl methyl sites for hydroxylation is 1. The molecule has 0 spiro atoms. The predicted molar refractivity (Wildman–Crippen MR) is 87.5 cm³/mol. The molecule has 2 rings (SSSR count). The molecule has 1 N–H and O–H groups in total. The Morgan fingerprint density at radius 3 is 2.48 bits per heavy atom. The summed E-state index contributed by atoms with van der Waals surface area (Å²) in [6.45, 7) is 7.46. The van der Waals surface area contributed by atoms with Crippen LogP contribution in [-0.2, 0) is 19.6 Å². The Labute approximate surface area is 137 Å². The molecule has 1 aliphatic rings. The monoisotopic (exact) mass is 340 g/mol. The van der Waals surface area contributed by atoms with Gasteiger partial charge in [-0.25, -0.2) is 8.42 Å². The second kappa shape index (κ2) is 7.42. The molecule has 128 valence electrons. The van der Waals surface area contributed by atoms with Crippen LogP contribution in [0.15, 0.2) is 29.2 Å². The molecule has 0 bridgehead atoms. The summed E-state index contributed by atoms with van der Waals surface area (Å²) in [6, 6.07) is 5.87. The number of rotatable bonds is 5. The van der Waals surface area contributed by atoms with Crippen LogP contribution in [0.3, 0.4) is 0 Å². The zero-order valence-electron chi connectivity index (χ0n) is 13.8. The molecule has 1 aromatic carbocycles. The van der Waals surface area contributed by atoms with Gasteiger partial charge < -0.3 is 9.64 Å². The second-order valence-corrected chi connectivity index (χ2v) is 7.81. The van der Waals surface area contributed by atoms with Gasteiger partial charge in [0.1, 0.15) is 6.04 Å². The Bertz CT molecular complexity index is 652. The number of nitrogens with one attached hydrogen (secondary N) is 1. The van der Waals surface area contributed by atoms with Crippen molar-refractivity contribution < 1.29 is 17.9 Å². The Morgan fingerprint density at radius 1 is 1.26 bits per heavy atom. The average Bonchev–Trinajstić information content (AvgIpc) is 2.52. The van der Waals surface area contributed by atoms with Crippen molar-refractivity contribution in [2.75, 3.05) is 26.3 Å². The van der Waals surface area contributed by atoms with Crippen LogP contribution >= 0.6 is 0 Å². The summed E-state index contributed by atoms with van der Waals surface area (Å²) in [7, 11) is -3.74. The first-order chi connectivity index (χ1) is 10.8. The van der Waals surface area contributed by atoms with Crippen LogP contribution in [-0.4, -0.2) is 51.6 Å². The molecule has 7 heteroatoms. The Kier molecular flexibility index (Phi) is 5.78. The number of carbonyl (C=O) groups excluding carboxylic acids is 1. The number of sulfonamides is 1. The first-order valence-corrected chi connectivity index (χ1v) is 9.25. The molecule has 0 aliphatic carbocycles. The zero-order valence-corrected chi connectivity index (χ0v) is 14.6. The predicted octanol–water partition coefficient (Wildman–Crippen LogP) is 1.16. The van der Waals surface area contributed by atoms with Crippen molar-refractivity contribution in [2.24, 2.45) is 5.92 Å². The fraction of sp³-hybridized carbons (Fsp3) is 0.562. The summed E-state index contributed by atoms with van der Waals surface area (Å²) in [4.78, 5) is 14.5. The minimum Gasteiger partial charge on any atom is -0.378 e. The van der Waals surface area contributed by atoms with E-state index in [1.54, 1.807) is 17.0 Å². The maximum Gasteiger partial charge on any atom is 0.241 e. The van der Waals surface area contributed by atoms with Crippen LogP contribution in [0.1, 0.15) is 19.4 Å². The highest BCUT2D eigenvalue weighted by molar-refractivity contribution is 7.89. The topological polar surface area (TPSA) is 75.7 Å². The van der Waals surface area contributed by atoms with E-state index in [-0.39, 0.29) is 16.7 Å². The molecule has 1 fully saturated rings. The number of nitrogens with zero attached hydrogens (tertiary/aromatic N) is 1. The van der Waals surface area contributed by atoms with Crippen molar-refractivity contribution >= 4 is 15.9 Å². The van der Waals surface area contributed by atoms with Crippen LogP contribution in [0.4, 0.5) is 0 Å². The number of hydrogen-bond acceptors (Lipinski definition) is 4. The van der Waals surface area contributed by atoms with Gasteiger partial charge in [0.05, 0.1) is 18.1 Å². The van der Waals surface area contributed by atoms with E-state index in [4.69, 9.17) is 4.74 Å². The first kappa shape index (κ1) is 17.9. The molecule has 1 atom stereocenters. The fourth-order valence-electron chi connectivity index (χ4n) is 2.47. The highest BCUT2D eigenvalue weighted by Gasteiger charge is 2.32. The second-order valence-electron chi connectivity index (χ2n) is 6.10. The number of benzene rings is 1. The lowest BCUT2D eigenvalue weighted by molar-refractivity contribution is -0.138. The van der Waals surface area contributed by atoms with Gasteiger partial charge in [0, 0.05) is 13.1 Å². The Morgan fingerprint density at radius 2 is 1.91 bits per heavy atom. The third-order valence-electron chi connectivity index (χ3n) is 3.84. The number of morpholine rings is 1. The maximum absolute atomic E-state index is 12.7. The van der Waals surface area contributed by atoms with E-state index in [1.165, 1.54) is 6.07 Å². The van der Waals surface area contributed by atoms with Crippen LogP contribution in [0.5, 0.6) is 0 Å². The van der Waals surface area contributed by atoms with Gasteiger partial charge in [-0.15, -0.1) is 0 Å². The third-order valence-corrected chi connectivity index (χ3v) is 5.28. The van der Waals surface area contributed by atoms with Crippen molar-refractivity contribution in [3.8, 4) is 0 Å². The summed E-state index contributed by atoms with van der Waals surface area (Å²) in [6.07, 6.45) is 0. The number of carbonyl (C=O) groups is 1. The number of hydrogen-bond donors (Lipinski definition) is 1. The molecule has 1 amide bonds. The van der Waals surface area contributed by atoms with E-state index in [2.05, 4.69) is 4.72 Å². The van der Waals surface area contributed by atoms with Crippen LogP contribution in [0.2, 0.25) is 0 Å². The summed E-state index contributed by atoms with van der Waals surface area (Å²) in [5, 5.41) is 0. The molecule has 0 radical (unpaired) electrons. The summed E-state index contributed by atoms with van der Waals surface area (Å²) in [5.41, 5.74) is 0.855. The largest absolute Gasteiger partial charge is 0.378 e. The van der Waals surface area contributed by atoms with Gasteiger partial charge in [-0.05, 0) is 30.5 Å². The molecule has 23 heavy (non-hydrogen) atoms. The molecule has 6 nitrogen and oxygen atoms in total. The van der Waals surface area contributed by atoms with Gasteiger partial charge in [-0.1, -0.05) is 26.0 Å². The van der Waals surface area contributed by atoms with Gasteiger partial charge >= 0.3 is 0 Å². The van der Waals surface area contributed by atoms with Crippen LogP contribution in [0, 0.1) is 12.8 Å². The molecular formula is C16H24N2O4S. The highest BCUT2D eigenvalue weighted by atomic mass is 32.2. The van der Waals surface area contributed by atoms with Crippen LogP contribution < -0.4 is 4.72 Å². The average molecular weight is 340 g/mol. The number of ether oxygens (including phenoxy) is 1. The van der Waals surface area contributed by atoms with Gasteiger partial charge in [0.25, 0.3) is 0 Å². The van der Waals surface area contributed by atoms with E-state index in [0.29, 0.717) is 26.3 Å². The SMILES string of the molecule is Cc1cccc(S(=O)(=O)N[C@H](C(=O)N2CCOCC2)C(C)C)c1. The van der Waals surface area contributed by atoms with Crippen molar-refractivity contribution in [3.05, 3.63) is 29.8 Å². The number of amides is 1. The molecule has 0 aromatic heterocycles. The van der Waals surface area contributed by atoms with Crippen molar-refractivity contribution in [1.29, 1.82) is 0 Å². The summed E-state index contributed by atoms with van der Waals surface area (Å²) >= 11 is 0. The smallest absolute Gasteiger partial charge is 0.241 e. The summed E-state index contributed by atoms with van der Waals surface area (Å²) in [5.74, 6) is -0.343. The molecule has 0 unspecified atom stereocenters. The van der Waals surface area contributed by atoms with Gasteiger partial charge in [0.15, 0.2) is 0 Å².